The second-order valence-corrected chi connectivity index (χ2v) is 8.61. The first kappa shape index (κ1) is 22.9. The minimum Gasteiger partial charge on any atom is -0.323 e. The van der Waals surface area contributed by atoms with E-state index in [1.165, 1.54) is 11.8 Å². The van der Waals surface area contributed by atoms with E-state index in [2.05, 4.69) is 10.3 Å². The molecule has 4 aromatic rings. The molecule has 0 spiro atoms. The SMILES string of the molecule is CCN(C(=O)CSc1nc2ccccc2n1CC(=O)Nc1ccccc1Cl)c1ccccc1. The molecule has 6 nitrogen and oxygen atoms in total. The molecule has 0 unspecified atom stereocenters. The van der Waals surface area contributed by atoms with Crippen molar-refractivity contribution in [2.75, 3.05) is 22.5 Å². The van der Waals surface area contributed by atoms with Crippen molar-refractivity contribution >= 4 is 57.6 Å². The standard InChI is InChI=1S/C25H23ClN4O2S/c1-2-29(18-10-4-3-5-11-18)24(32)17-33-25-28-21-14-8-9-15-22(21)30(25)16-23(31)27-20-13-7-6-12-19(20)26/h3-15H,2,16-17H2,1H3,(H,27,31). The summed E-state index contributed by atoms with van der Waals surface area (Å²) in [4.78, 5) is 32.2. The number of para-hydroxylation sites is 4. The van der Waals surface area contributed by atoms with Crippen molar-refractivity contribution in [3.8, 4) is 0 Å². The smallest absolute Gasteiger partial charge is 0.244 e. The number of nitrogens with one attached hydrogen (secondary N) is 1. The van der Waals surface area contributed by atoms with Gasteiger partial charge in [-0.05, 0) is 43.3 Å². The van der Waals surface area contributed by atoms with Gasteiger partial charge in [-0.25, -0.2) is 4.98 Å². The molecule has 0 fully saturated rings. The molecule has 0 aliphatic rings. The van der Waals surface area contributed by atoms with Crippen molar-refractivity contribution in [1.82, 2.24) is 9.55 Å². The van der Waals surface area contributed by atoms with Crippen LogP contribution in [0.4, 0.5) is 11.4 Å². The van der Waals surface area contributed by atoms with Gasteiger partial charge in [-0.3, -0.25) is 9.59 Å². The van der Waals surface area contributed by atoms with Crippen molar-refractivity contribution in [1.29, 1.82) is 0 Å². The Bertz CT molecular complexity index is 1280. The van der Waals surface area contributed by atoms with Gasteiger partial charge in [0.05, 0.1) is 27.5 Å². The van der Waals surface area contributed by atoms with Gasteiger partial charge in [-0.2, -0.15) is 0 Å². The summed E-state index contributed by atoms with van der Waals surface area (Å²) in [6.45, 7) is 2.57. The van der Waals surface area contributed by atoms with E-state index in [0.717, 1.165) is 16.7 Å². The zero-order chi connectivity index (χ0) is 23.2. The molecule has 0 saturated carbocycles. The summed E-state index contributed by atoms with van der Waals surface area (Å²) in [5.41, 5.74) is 3.02. The summed E-state index contributed by atoms with van der Waals surface area (Å²) in [6.07, 6.45) is 0. The fourth-order valence-electron chi connectivity index (χ4n) is 3.53. The highest BCUT2D eigenvalue weighted by Crippen LogP contribution is 2.26. The number of carbonyl (C=O) groups excluding carboxylic acids is 2. The van der Waals surface area contributed by atoms with E-state index in [1.807, 2.05) is 78.2 Å². The Balaban J connectivity index is 1.53. The van der Waals surface area contributed by atoms with Gasteiger partial charge in [0.25, 0.3) is 0 Å². The number of hydrogen-bond donors (Lipinski definition) is 1. The highest BCUT2D eigenvalue weighted by molar-refractivity contribution is 7.99. The molecule has 33 heavy (non-hydrogen) atoms. The lowest BCUT2D eigenvalue weighted by Crippen LogP contribution is -2.32. The molecule has 0 aliphatic carbocycles. The van der Waals surface area contributed by atoms with Crippen LogP contribution in [0.1, 0.15) is 6.92 Å². The molecule has 8 heteroatoms. The first-order valence-corrected chi connectivity index (χ1v) is 11.9. The van der Waals surface area contributed by atoms with Crippen LogP contribution in [-0.4, -0.2) is 33.7 Å². The number of carbonyl (C=O) groups is 2. The quantitative estimate of drug-likeness (QED) is 0.341. The Kier molecular flexibility index (Phi) is 7.32. The average molecular weight is 479 g/mol. The Morgan fingerprint density at radius 1 is 1.00 bits per heavy atom. The molecule has 0 saturated heterocycles. The summed E-state index contributed by atoms with van der Waals surface area (Å²) in [5.74, 6) is -0.0372. The molecule has 0 radical (unpaired) electrons. The van der Waals surface area contributed by atoms with Crippen molar-refractivity contribution in [3.05, 3.63) is 83.9 Å². The molecule has 1 heterocycles. The van der Waals surface area contributed by atoms with Crippen LogP contribution in [0.15, 0.2) is 84.0 Å². The topological polar surface area (TPSA) is 67.2 Å². The highest BCUT2D eigenvalue weighted by Gasteiger charge is 2.19. The summed E-state index contributed by atoms with van der Waals surface area (Å²) in [6, 6.07) is 24.3. The molecule has 4 rings (SSSR count). The Labute approximate surface area is 201 Å². The second kappa shape index (κ2) is 10.6. The Hall–Kier alpha value is -3.29. The number of fused-ring (bicyclic) bond motifs is 1. The number of aromatic nitrogens is 2. The minimum atomic E-state index is -0.223. The van der Waals surface area contributed by atoms with Gasteiger partial charge in [0.1, 0.15) is 6.54 Å². The molecule has 1 N–H and O–H groups in total. The van der Waals surface area contributed by atoms with E-state index in [4.69, 9.17) is 11.6 Å². The predicted octanol–water partition coefficient (Wildman–Crippen LogP) is 5.47. The first-order valence-electron chi connectivity index (χ1n) is 10.5. The third-order valence-electron chi connectivity index (χ3n) is 5.08. The monoisotopic (exact) mass is 478 g/mol. The Morgan fingerprint density at radius 3 is 2.45 bits per heavy atom. The van der Waals surface area contributed by atoms with Crippen LogP contribution in [0.2, 0.25) is 5.02 Å². The number of nitrogens with zero attached hydrogens (tertiary/aromatic N) is 3. The molecule has 2 amide bonds. The van der Waals surface area contributed by atoms with Gasteiger partial charge < -0.3 is 14.8 Å². The van der Waals surface area contributed by atoms with Crippen LogP contribution >= 0.6 is 23.4 Å². The lowest BCUT2D eigenvalue weighted by atomic mass is 10.3. The molecular formula is C25H23ClN4O2S. The molecule has 0 atom stereocenters. The third kappa shape index (κ3) is 5.38. The van der Waals surface area contributed by atoms with E-state index in [-0.39, 0.29) is 24.1 Å². The van der Waals surface area contributed by atoms with Crippen LogP contribution in [-0.2, 0) is 16.1 Å². The summed E-state index contributed by atoms with van der Waals surface area (Å²) in [5, 5.41) is 3.94. The van der Waals surface area contributed by atoms with E-state index in [1.54, 1.807) is 17.0 Å². The third-order valence-corrected chi connectivity index (χ3v) is 6.37. The maximum Gasteiger partial charge on any atom is 0.244 e. The van der Waals surface area contributed by atoms with Crippen LogP contribution in [0.5, 0.6) is 0 Å². The molecule has 0 aliphatic heterocycles. The van der Waals surface area contributed by atoms with Crippen LogP contribution in [0, 0.1) is 0 Å². The van der Waals surface area contributed by atoms with E-state index in [0.29, 0.717) is 22.4 Å². The fraction of sp³-hybridized carbons (Fsp3) is 0.160. The molecule has 1 aromatic heterocycles. The predicted molar refractivity (Wildman–Crippen MR) is 135 cm³/mol. The van der Waals surface area contributed by atoms with Gasteiger partial charge in [-0.1, -0.05) is 65.8 Å². The number of hydrogen-bond acceptors (Lipinski definition) is 4. The van der Waals surface area contributed by atoms with Crippen molar-refractivity contribution in [3.63, 3.8) is 0 Å². The van der Waals surface area contributed by atoms with Gasteiger partial charge in [0.2, 0.25) is 11.8 Å². The number of anilines is 2. The fourth-order valence-corrected chi connectivity index (χ4v) is 4.60. The van der Waals surface area contributed by atoms with E-state index >= 15 is 0 Å². The largest absolute Gasteiger partial charge is 0.323 e. The van der Waals surface area contributed by atoms with E-state index in [9.17, 15) is 9.59 Å². The number of rotatable bonds is 8. The number of amides is 2. The molecule has 168 valence electrons. The summed E-state index contributed by atoms with van der Waals surface area (Å²) < 4.78 is 1.83. The normalized spacial score (nSPS) is 10.8. The molecule has 3 aromatic carbocycles. The summed E-state index contributed by atoms with van der Waals surface area (Å²) >= 11 is 7.50. The lowest BCUT2D eigenvalue weighted by molar-refractivity contribution is -0.117. The van der Waals surface area contributed by atoms with Crippen LogP contribution < -0.4 is 10.2 Å². The van der Waals surface area contributed by atoms with Crippen LogP contribution in [0.3, 0.4) is 0 Å². The molecule has 0 bridgehead atoms. The number of halogens is 1. The van der Waals surface area contributed by atoms with Crippen molar-refractivity contribution < 1.29 is 9.59 Å². The first-order chi connectivity index (χ1) is 16.1. The Morgan fingerprint density at radius 2 is 1.70 bits per heavy atom. The van der Waals surface area contributed by atoms with Gasteiger partial charge in [0.15, 0.2) is 5.16 Å². The van der Waals surface area contributed by atoms with Crippen molar-refractivity contribution in [2.24, 2.45) is 0 Å². The zero-order valence-corrected chi connectivity index (χ0v) is 19.6. The van der Waals surface area contributed by atoms with Gasteiger partial charge in [-0.15, -0.1) is 0 Å². The number of thioether (sulfide) groups is 1. The van der Waals surface area contributed by atoms with Gasteiger partial charge >= 0.3 is 0 Å². The van der Waals surface area contributed by atoms with Crippen LogP contribution in [0.25, 0.3) is 11.0 Å². The molecular weight excluding hydrogens is 456 g/mol. The lowest BCUT2D eigenvalue weighted by Gasteiger charge is -2.20. The van der Waals surface area contributed by atoms with E-state index < -0.39 is 0 Å². The second-order valence-electron chi connectivity index (χ2n) is 7.26. The highest BCUT2D eigenvalue weighted by atomic mass is 35.5. The summed E-state index contributed by atoms with van der Waals surface area (Å²) in [7, 11) is 0. The van der Waals surface area contributed by atoms with Gasteiger partial charge in [0, 0.05) is 12.2 Å². The maximum atomic E-state index is 12.9. The number of imidazole rings is 1. The average Bonchev–Trinajstić information content (AvgIpc) is 3.17. The van der Waals surface area contributed by atoms with Crippen molar-refractivity contribution in [2.45, 2.75) is 18.6 Å². The zero-order valence-electron chi connectivity index (χ0n) is 18.1. The maximum absolute atomic E-state index is 12.9. The number of benzene rings is 3. The minimum absolute atomic E-state index is 0.0205.